The van der Waals surface area contributed by atoms with E-state index in [9.17, 15) is 9.59 Å². The number of amides is 2. The highest BCUT2D eigenvalue weighted by molar-refractivity contribution is 5.77. The van der Waals surface area contributed by atoms with Crippen LogP contribution >= 0.6 is 0 Å². The zero-order valence-corrected chi connectivity index (χ0v) is 19.2. The largest absolute Gasteiger partial charge is 0.444 e. The van der Waals surface area contributed by atoms with Crippen molar-refractivity contribution in [2.45, 2.75) is 109 Å². The number of nitrogens with one attached hydrogen (secondary N) is 2. The van der Waals surface area contributed by atoms with Crippen molar-refractivity contribution >= 4 is 12.0 Å². The van der Waals surface area contributed by atoms with Gasteiger partial charge in [0.25, 0.3) is 0 Å². The predicted molar refractivity (Wildman–Crippen MR) is 117 cm³/mol. The van der Waals surface area contributed by atoms with Crippen LogP contribution in [0.5, 0.6) is 0 Å². The van der Waals surface area contributed by atoms with Gasteiger partial charge in [-0.15, -0.1) is 0 Å². The Morgan fingerprint density at radius 1 is 1.17 bits per heavy atom. The number of nitrogens with zero attached hydrogens (tertiary/aromatic N) is 1. The first-order valence-electron chi connectivity index (χ1n) is 11.2. The van der Waals surface area contributed by atoms with Crippen molar-refractivity contribution < 1.29 is 14.3 Å². The predicted octanol–water partition coefficient (Wildman–Crippen LogP) is 4.00. The van der Waals surface area contributed by atoms with Crippen LogP contribution in [0.4, 0.5) is 4.79 Å². The molecule has 0 aromatic heterocycles. The number of alkyl carbamates (subject to hydrolysis) is 1. The summed E-state index contributed by atoms with van der Waals surface area (Å²) in [5, 5.41) is 6.13. The number of piperidine rings is 2. The van der Waals surface area contributed by atoms with Gasteiger partial charge in [-0.2, -0.15) is 0 Å². The topological polar surface area (TPSA) is 70.7 Å². The number of rotatable bonds is 7. The van der Waals surface area contributed by atoms with E-state index < -0.39 is 11.7 Å². The SMILES string of the molecule is CC(C)C[C@@H](/C=C/CC(=O)N[C@@H]1CC2CCC[C@@H](C1)N2C)NC(=O)OC(C)(C)C. The molecule has 4 atom stereocenters. The molecule has 166 valence electrons. The number of carbonyl (C=O) groups excluding carboxylic acids is 2. The minimum absolute atomic E-state index is 0.0643. The number of ether oxygens (including phenoxy) is 1. The van der Waals surface area contributed by atoms with Crippen molar-refractivity contribution in [3.63, 3.8) is 0 Å². The molecular formula is C23H41N3O3. The summed E-state index contributed by atoms with van der Waals surface area (Å²) in [4.78, 5) is 27.0. The van der Waals surface area contributed by atoms with Crippen molar-refractivity contribution in [2.75, 3.05) is 7.05 Å². The van der Waals surface area contributed by atoms with Gasteiger partial charge in [0, 0.05) is 24.5 Å². The molecule has 2 aliphatic heterocycles. The summed E-state index contributed by atoms with van der Waals surface area (Å²) in [6.07, 6.45) is 10.4. The Kier molecular flexibility index (Phi) is 8.56. The highest BCUT2D eigenvalue weighted by Gasteiger charge is 2.36. The molecule has 2 fully saturated rings. The van der Waals surface area contributed by atoms with E-state index >= 15 is 0 Å². The van der Waals surface area contributed by atoms with E-state index in [0.717, 1.165) is 19.3 Å². The molecule has 2 saturated heterocycles. The molecule has 6 nitrogen and oxygen atoms in total. The molecule has 0 aromatic carbocycles. The van der Waals surface area contributed by atoms with Gasteiger partial charge in [-0.3, -0.25) is 4.79 Å². The first-order chi connectivity index (χ1) is 13.5. The van der Waals surface area contributed by atoms with Crippen molar-refractivity contribution in [2.24, 2.45) is 5.92 Å². The molecule has 2 heterocycles. The Morgan fingerprint density at radius 2 is 1.79 bits per heavy atom. The summed E-state index contributed by atoms with van der Waals surface area (Å²) in [7, 11) is 2.22. The highest BCUT2D eigenvalue weighted by atomic mass is 16.6. The quantitative estimate of drug-likeness (QED) is 0.626. The fourth-order valence-electron chi connectivity index (χ4n) is 4.51. The molecule has 2 amide bonds. The number of fused-ring (bicyclic) bond motifs is 2. The van der Waals surface area contributed by atoms with E-state index in [-0.39, 0.29) is 18.0 Å². The molecule has 0 radical (unpaired) electrons. The summed E-state index contributed by atoms with van der Waals surface area (Å²) in [6.45, 7) is 9.77. The third-order valence-corrected chi connectivity index (χ3v) is 5.80. The van der Waals surface area contributed by atoms with Gasteiger partial charge < -0.3 is 20.3 Å². The van der Waals surface area contributed by atoms with Crippen LogP contribution in [-0.2, 0) is 9.53 Å². The van der Waals surface area contributed by atoms with Gasteiger partial charge in [-0.05, 0) is 65.8 Å². The fourth-order valence-corrected chi connectivity index (χ4v) is 4.51. The van der Waals surface area contributed by atoms with E-state index in [0.29, 0.717) is 24.4 Å². The molecule has 2 N–H and O–H groups in total. The lowest BCUT2D eigenvalue weighted by atomic mass is 9.82. The third-order valence-electron chi connectivity index (χ3n) is 5.80. The summed E-state index contributed by atoms with van der Waals surface area (Å²) >= 11 is 0. The van der Waals surface area contributed by atoms with Gasteiger partial charge in [-0.25, -0.2) is 4.79 Å². The van der Waals surface area contributed by atoms with Crippen molar-refractivity contribution in [3.05, 3.63) is 12.2 Å². The second-order valence-corrected chi connectivity index (χ2v) is 10.2. The Labute approximate surface area is 176 Å². The van der Waals surface area contributed by atoms with Crippen molar-refractivity contribution in [1.29, 1.82) is 0 Å². The van der Waals surface area contributed by atoms with Crippen LogP contribution in [-0.4, -0.2) is 53.7 Å². The van der Waals surface area contributed by atoms with Gasteiger partial charge in [0.05, 0.1) is 6.04 Å². The van der Waals surface area contributed by atoms with Crippen molar-refractivity contribution in [3.8, 4) is 0 Å². The maximum Gasteiger partial charge on any atom is 0.408 e. The highest BCUT2D eigenvalue weighted by Crippen LogP contribution is 2.32. The van der Waals surface area contributed by atoms with E-state index in [1.807, 2.05) is 32.9 Å². The molecular weight excluding hydrogens is 366 g/mol. The van der Waals surface area contributed by atoms with Gasteiger partial charge in [0.2, 0.25) is 5.91 Å². The average molecular weight is 408 g/mol. The molecule has 2 rings (SSSR count). The summed E-state index contributed by atoms with van der Waals surface area (Å²) in [5.74, 6) is 0.487. The normalized spacial score (nSPS) is 26.4. The Balaban J connectivity index is 1.81. The molecule has 0 saturated carbocycles. The van der Waals surface area contributed by atoms with Gasteiger partial charge in [0.15, 0.2) is 0 Å². The second kappa shape index (κ2) is 10.5. The lowest BCUT2D eigenvalue weighted by molar-refractivity contribution is -0.121. The minimum Gasteiger partial charge on any atom is -0.444 e. The monoisotopic (exact) mass is 407 g/mol. The van der Waals surface area contributed by atoms with Gasteiger partial charge >= 0.3 is 6.09 Å². The lowest BCUT2D eigenvalue weighted by Crippen LogP contribution is -2.55. The molecule has 2 aliphatic rings. The van der Waals surface area contributed by atoms with Crippen LogP contribution in [0.25, 0.3) is 0 Å². The second-order valence-electron chi connectivity index (χ2n) is 10.2. The Bertz CT molecular complexity index is 568. The maximum absolute atomic E-state index is 12.4. The molecule has 0 spiro atoms. The van der Waals surface area contributed by atoms with Crippen LogP contribution in [0, 0.1) is 5.92 Å². The summed E-state index contributed by atoms with van der Waals surface area (Å²) in [6, 6.07) is 1.36. The first kappa shape index (κ1) is 23.7. The van der Waals surface area contributed by atoms with Crippen LogP contribution < -0.4 is 10.6 Å². The maximum atomic E-state index is 12.4. The number of hydrogen-bond donors (Lipinski definition) is 2. The van der Waals surface area contributed by atoms with Crippen LogP contribution in [0.15, 0.2) is 12.2 Å². The number of carbonyl (C=O) groups is 2. The standard InChI is InChI=1S/C23H41N3O3/c1-16(2)13-17(25-22(28)29-23(3,4)5)9-7-12-21(27)24-18-14-19-10-8-11-20(15-18)26(19)6/h7,9,16-20H,8,10-15H2,1-6H3,(H,24,27)(H,25,28)/b9-7+/t17-,18-,19?,20+/m1/s1. The van der Waals surface area contributed by atoms with Crippen LogP contribution in [0.3, 0.4) is 0 Å². The minimum atomic E-state index is -0.525. The molecule has 1 unspecified atom stereocenters. The van der Waals surface area contributed by atoms with E-state index in [1.54, 1.807) is 0 Å². The third kappa shape index (κ3) is 8.37. The zero-order valence-electron chi connectivity index (χ0n) is 19.2. The zero-order chi connectivity index (χ0) is 21.6. The van der Waals surface area contributed by atoms with Crippen LogP contribution in [0.2, 0.25) is 0 Å². The molecule has 29 heavy (non-hydrogen) atoms. The van der Waals surface area contributed by atoms with Gasteiger partial charge in [0.1, 0.15) is 5.60 Å². The molecule has 0 aliphatic carbocycles. The molecule has 0 aromatic rings. The molecule has 2 bridgehead atoms. The Morgan fingerprint density at radius 3 is 2.34 bits per heavy atom. The Hall–Kier alpha value is -1.56. The molecule has 6 heteroatoms. The van der Waals surface area contributed by atoms with Crippen molar-refractivity contribution in [1.82, 2.24) is 15.5 Å². The lowest BCUT2D eigenvalue weighted by Gasteiger charge is -2.47. The van der Waals surface area contributed by atoms with Gasteiger partial charge in [-0.1, -0.05) is 32.4 Å². The fraction of sp³-hybridized carbons (Fsp3) is 0.826. The smallest absolute Gasteiger partial charge is 0.408 e. The first-order valence-corrected chi connectivity index (χ1v) is 11.2. The van der Waals surface area contributed by atoms with E-state index in [2.05, 4.69) is 36.4 Å². The summed E-state index contributed by atoms with van der Waals surface area (Å²) in [5.41, 5.74) is -0.525. The summed E-state index contributed by atoms with van der Waals surface area (Å²) < 4.78 is 5.36. The van der Waals surface area contributed by atoms with Crippen LogP contribution in [0.1, 0.15) is 79.6 Å². The van der Waals surface area contributed by atoms with E-state index in [4.69, 9.17) is 4.74 Å². The average Bonchev–Trinajstić information content (AvgIpc) is 2.53. The number of hydrogen-bond acceptors (Lipinski definition) is 4. The van der Waals surface area contributed by atoms with E-state index in [1.165, 1.54) is 19.3 Å².